The lowest BCUT2D eigenvalue weighted by Crippen LogP contribution is -2.56. The number of nitrogens with two attached hydrogens (primary N) is 1. The molecule has 0 saturated heterocycles. The summed E-state index contributed by atoms with van der Waals surface area (Å²) in [6, 6.07) is 6.85. The molecular weight excluding hydrogens is 253 g/mol. The Labute approximate surface area is 119 Å². The lowest BCUT2D eigenvalue weighted by Gasteiger charge is -2.48. The molecule has 1 aliphatic heterocycles. The maximum absolute atomic E-state index is 14.2. The summed E-state index contributed by atoms with van der Waals surface area (Å²) < 4.78 is 14.2. The van der Waals surface area contributed by atoms with Crippen LogP contribution in [0.2, 0.25) is 0 Å². The van der Waals surface area contributed by atoms with Crippen molar-refractivity contribution >= 4 is 11.6 Å². The Morgan fingerprint density at radius 1 is 1.25 bits per heavy atom. The van der Waals surface area contributed by atoms with Gasteiger partial charge >= 0.3 is 0 Å². The first-order chi connectivity index (χ1) is 9.44. The number of halogens is 1. The summed E-state index contributed by atoms with van der Waals surface area (Å²) in [6.07, 6.45) is 4.37. The third-order valence-electron chi connectivity index (χ3n) is 4.64. The molecule has 1 fully saturated rings. The van der Waals surface area contributed by atoms with Gasteiger partial charge in [0.1, 0.15) is 5.82 Å². The minimum atomic E-state index is -0.227. The van der Waals surface area contributed by atoms with E-state index in [1.165, 1.54) is 12.5 Å². The Bertz CT molecular complexity index is 552. The number of rotatable bonds is 1. The predicted molar refractivity (Wildman–Crippen MR) is 80.3 cm³/mol. The maximum Gasteiger partial charge on any atom is 0.196 e. The smallest absolute Gasteiger partial charge is 0.196 e. The van der Waals surface area contributed by atoms with E-state index in [1.807, 2.05) is 11.0 Å². The Hall–Kier alpha value is -1.58. The van der Waals surface area contributed by atoms with Gasteiger partial charge in [-0.2, -0.15) is 0 Å². The summed E-state index contributed by atoms with van der Waals surface area (Å²) >= 11 is 0. The third kappa shape index (κ3) is 2.07. The monoisotopic (exact) mass is 275 g/mol. The quantitative estimate of drug-likeness (QED) is 0.854. The molecule has 1 aromatic carbocycles. The van der Waals surface area contributed by atoms with Gasteiger partial charge in [0, 0.05) is 0 Å². The number of para-hydroxylation sites is 1. The van der Waals surface area contributed by atoms with Crippen LogP contribution in [0.1, 0.15) is 39.5 Å². The van der Waals surface area contributed by atoms with E-state index in [2.05, 4.69) is 18.8 Å². The molecule has 20 heavy (non-hydrogen) atoms. The summed E-state index contributed by atoms with van der Waals surface area (Å²) in [7, 11) is 0. The molecule has 2 N–H and O–H groups in total. The van der Waals surface area contributed by atoms with E-state index >= 15 is 0 Å². The van der Waals surface area contributed by atoms with Crippen LogP contribution < -0.4 is 10.6 Å². The molecule has 4 heteroatoms. The Morgan fingerprint density at radius 2 is 2.00 bits per heavy atom. The van der Waals surface area contributed by atoms with E-state index in [0.717, 1.165) is 19.3 Å². The standard InChI is InChI=1S/C16H22FN3/c1-15(2)8-5-9-16(10-15)11-19-14(18)20(16)13-7-4-3-6-12(13)17/h3-4,6-7H,5,8-11H2,1-2H3,(H2,18,19). The van der Waals surface area contributed by atoms with Crippen molar-refractivity contribution in [2.45, 2.75) is 45.1 Å². The van der Waals surface area contributed by atoms with Crippen LogP contribution in [0.3, 0.4) is 0 Å². The van der Waals surface area contributed by atoms with Crippen molar-refractivity contribution < 1.29 is 4.39 Å². The van der Waals surface area contributed by atoms with Gasteiger partial charge in [-0.05, 0) is 36.8 Å². The van der Waals surface area contributed by atoms with E-state index < -0.39 is 0 Å². The highest BCUT2D eigenvalue weighted by atomic mass is 19.1. The summed E-state index contributed by atoms with van der Waals surface area (Å²) in [5.41, 5.74) is 6.75. The minimum Gasteiger partial charge on any atom is -0.369 e. The normalized spacial score (nSPS) is 28.8. The maximum atomic E-state index is 14.2. The van der Waals surface area contributed by atoms with Gasteiger partial charge in [-0.25, -0.2) is 4.39 Å². The highest BCUT2D eigenvalue weighted by molar-refractivity contribution is 5.98. The van der Waals surface area contributed by atoms with Crippen molar-refractivity contribution in [3.8, 4) is 0 Å². The van der Waals surface area contributed by atoms with Crippen LogP contribution in [-0.2, 0) is 0 Å². The fraction of sp³-hybridized carbons (Fsp3) is 0.562. The molecular formula is C16H22FN3. The topological polar surface area (TPSA) is 41.6 Å². The van der Waals surface area contributed by atoms with Crippen LogP contribution in [0.4, 0.5) is 10.1 Å². The number of aliphatic imine (C=N–C) groups is 1. The zero-order chi connectivity index (χ0) is 14.4. The molecule has 3 nitrogen and oxygen atoms in total. The molecule has 0 amide bonds. The molecule has 1 aromatic rings. The second-order valence-electron chi connectivity index (χ2n) is 6.88. The molecule has 2 aliphatic rings. The van der Waals surface area contributed by atoms with Crippen LogP contribution in [-0.4, -0.2) is 18.0 Å². The Balaban J connectivity index is 2.03. The highest BCUT2D eigenvalue weighted by Crippen LogP contribution is 2.47. The Morgan fingerprint density at radius 3 is 2.70 bits per heavy atom. The van der Waals surface area contributed by atoms with Crippen molar-refractivity contribution in [1.29, 1.82) is 0 Å². The number of hydrogen-bond donors (Lipinski definition) is 1. The zero-order valence-electron chi connectivity index (χ0n) is 12.2. The average Bonchev–Trinajstić information content (AvgIpc) is 2.66. The second-order valence-corrected chi connectivity index (χ2v) is 6.88. The van der Waals surface area contributed by atoms with Gasteiger partial charge in [0.25, 0.3) is 0 Å². The van der Waals surface area contributed by atoms with Crippen molar-refractivity contribution in [3.63, 3.8) is 0 Å². The zero-order valence-corrected chi connectivity index (χ0v) is 12.2. The van der Waals surface area contributed by atoms with Crippen LogP contribution in [0.5, 0.6) is 0 Å². The molecule has 0 aromatic heterocycles. The summed E-state index contributed by atoms with van der Waals surface area (Å²) in [4.78, 5) is 6.38. The molecule has 1 atom stereocenters. The lowest BCUT2D eigenvalue weighted by molar-refractivity contribution is 0.162. The van der Waals surface area contributed by atoms with Crippen LogP contribution >= 0.6 is 0 Å². The highest BCUT2D eigenvalue weighted by Gasteiger charge is 2.48. The summed E-state index contributed by atoms with van der Waals surface area (Å²) in [5, 5.41) is 0. The van der Waals surface area contributed by atoms with E-state index in [4.69, 9.17) is 5.73 Å². The van der Waals surface area contributed by atoms with Gasteiger partial charge in [-0.3, -0.25) is 4.99 Å². The largest absolute Gasteiger partial charge is 0.369 e. The number of hydrogen-bond acceptors (Lipinski definition) is 3. The van der Waals surface area contributed by atoms with Crippen molar-refractivity contribution in [2.75, 3.05) is 11.4 Å². The van der Waals surface area contributed by atoms with E-state index in [-0.39, 0.29) is 16.8 Å². The number of nitrogens with zero attached hydrogens (tertiary/aromatic N) is 2. The fourth-order valence-electron chi connectivity index (χ4n) is 3.91. The van der Waals surface area contributed by atoms with Crippen molar-refractivity contribution in [2.24, 2.45) is 16.1 Å². The average molecular weight is 275 g/mol. The van der Waals surface area contributed by atoms with Gasteiger partial charge < -0.3 is 10.6 Å². The fourth-order valence-corrected chi connectivity index (χ4v) is 3.91. The van der Waals surface area contributed by atoms with E-state index in [1.54, 1.807) is 12.1 Å². The molecule has 1 unspecified atom stereocenters. The van der Waals surface area contributed by atoms with Gasteiger partial charge in [-0.1, -0.05) is 32.4 Å². The van der Waals surface area contributed by atoms with Crippen molar-refractivity contribution in [3.05, 3.63) is 30.1 Å². The Kier molecular flexibility index (Phi) is 3.00. The summed E-state index contributed by atoms with van der Waals surface area (Å²) in [6.45, 7) is 5.24. The SMILES string of the molecule is CC1(C)CCCC2(CN=C(N)N2c2ccccc2F)C1. The molecule has 1 saturated carbocycles. The summed E-state index contributed by atoms with van der Waals surface area (Å²) in [5.74, 6) is 0.225. The second kappa shape index (κ2) is 4.47. The lowest BCUT2D eigenvalue weighted by atomic mass is 9.67. The molecule has 108 valence electrons. The predicted octanol–water partition coefficient (Wildman–Crippen LogP) is 3.30. The van der Waals surface area contributed by atoms with Gasteiger partial charge in [-0.15, -0.1) is 0 Å². The molecule has 3 rings (SSSR count). The molecule has 1 aliphatic carbocycles. The molecule has 1 heterocycles. The van der Waals surface area contributed by atoms with E-state index in [9.17, 15) is 4.39 Å². The first kappa shape index (κ1) is 13.4. The van der Waals surface area contributed by atoms with Crippen LogP contribution in [0.25, 0.3) is 0 Å². The minimum absolute atomic E-state index is 0.145. The number of guanidine groups is 1. The molecule has 0 radical (unpaired) electrons. The molecule has 1 spiro atoms. The van der Waals surface area contributed by atoms with E-state index in [0.29, 0.717) is 18.2 Å². The van der Waals surface area contributed by atoms with Crippen LogP contribution in [0, 0.1) is 11.2 Å². The van der Waals surface area contributed by atoms with Crippen LogP contribution in [0.15, 0.2) is 29.3 Å². The van der Waals surface area contributed by atoms with Gasteiger partial charge in [0.15, 0.2) is 5.96 Å². The number of benzene rings is 1. The number of anilines is 1. The first-order valence-corrected chi connectivity index (χ1v) is 7.28. The van der Waals surface area contributed by atoms with Gasteiger partial charge in [0.05, 0.1) is 17.8 Å². The molecule has 0 bridgehead atoms. The van der Waals surface area contributed by atoms with Crippen molar-refractivity contribution in [1.82, 2.24) is 0 Å². The third-order valence-corrected chi connectivity index (χ3v) is 4.64. The van der Waals surface area contributed by atoms with Gasteiger partial charge in [0.2, 0.25) is 0 Å². The first-order valence-electron chi connectivity index (χ1n) is 7.28.